The van der Waals surface area contributed by atoms with Gasteiger partial charge >= 0.3 is 0 Å². The lowest BCUT2D eigenvalue weighted by atomic mass is 10.0. The monoisotopic (exact) mass is 569 g/mol. The van der Waals surface area contributed by atoms with Crippen LogP contribution in [0.25, 0.3) is 21.8 Å². The average molecular weight is 570 g/mol. The number of hydrogen-bond donors (Lipinski definition) is 0. The molecule has 232 valence electrons. The Balaban J connectivity index is 0. The number of fused-ring (bicyclic) bond motifs is 3. The topological polar surface area (TPSA) is 4.93 Å². The molecule has 0 aliphatic rings. The first-order valence-corrected chi connectivity index (χ1v) is 16.2. The predicted octanol–water partition coefficient (Wildman–Crippen LogP) is 13.7. The molecular weight excluding hydrogens is 506 g/mol. The number of rotatable bonds is 2. The van der Waals surface area contributed by atoms with Crippen molar-refractivity contribution in [2.75, 3.05) is 0 Å². The van der Waals surface area contributed by atoms with Gasteiger partial charge in [-0.05, 0) is 41.0 Å². The lowest BCUT2D eigenvalue weighted by molar-refractivity contribution is 0.737. The molecule has 0 saturated heterocycles. The largest absolute Gasteiger partial charge is 0.344 e. The molecule has 1 nitrogen and oxygen atoms in total. The summed E-state index contributed by atoms with van der Waals surface area (Å²) >= 11 is 0. The fourth-order valence-corrected chi connectivity index (χ4v) is 3.79. The van der Waals surface area contributed by atoms with E-state index in [0.717, 1.165) is 5.92 Å². The minimum Gasteiger partial charge on any atom is -0.344 e. The summed E-state index contributed by atoms with van der Waals surface area (Å²) in [5, 5.41) is 2.68. The van der Waals surface area contributed by atoms with Crippen LogP contribution in [0.2, 0.25) is 0 Å². The Kier molecular flexibility index (Phi) is 24.7. The maximum absolute atomic E-state index is 2.24. The SMILES string of the molecule is CC.CC.CC.CC(C)C.CC(C)c1ccccc1.CC(C)c1ccccc1.Cn1c2ccccc2c2ccccc21. The molecule has 0 unspecified atom stereocenters. The summed E-state index contributed by atoms with van der Waals surface area (Å²) in [5.74, 6) is 2.15. The van der Waals surface area contributed by atoms with Gasteiger partial charge in [0.15, 0.2) is 0 Å². The van der Waals surface area contributed by atoms with Gasteiger partial charge in [-0.2, -0.15) is 0 Å². The van der Waals surface area contributed by atoms with E-state index in [2.05, 4.69) is 157 Å². The van der Waals surface area contributed by atoms with E-state index in [1.54, 1.807) is 0 Å². The van der Waals surface area contributed by atoms with Gasteiger partial charge in [0.25, 0.3) is 0 Å². The second-order valence-corrected chi connectivity index (χ2v) is 10.5. The predicted molar refractivity (Wildman–Crippen MR) is 196 cm³/mol. The third kappa shape index (κ3) is 15.6. The zero-order valence-electron chi connectivity index (χ0n) is 29.6. The first kappa shape index (κ1) is 40.8. The highest BCUT2D eigenvalue weighted by molar-refractivity contribution is 6.07. The molecule has 5 aromatic rings. The maximum atomic E-state index is 2.24. The van der Waals surface area contributed by atoms with Crippen molar-refractivity contribution in [2.45, 2.75) is 102 Å². The standard InChI is InChI=1S/C13H11N.2C9H12.C4H10.3C2H6/c1-14-12-8-4-2-6-10(12)11-7-3-5-9-13(11)14;2*1-8(2)9-6-4-3-5-7-9;1-4(2)3;3*1-2/h2-9H,1H3;2*3-8H,1-2H3;4H,1-3H3;3*1-2H3. The summed E-state index contributed by atoms with van der Waals surface area (Å²) in [5.41, 5.74) is 5.43. The first-order valence-electron chi connectivity index (χ1n) is 16.2. The molecule has 0 N–H and O–H groups in total. The van der Waals surface area contributed by atoms with E-state index in [0.29, 0.717) is 11.8 Å². The van der Waals surface area contributed by atoms with E-state index in [9.17, 15) is 0 Å². The van der Waals surface area contributed by atoms with Crippen LogP contribution < -0.4 is 0 Å². The fourth-order valence-electron chi connectivity index (χ4n) is 3.79. The molecule has 5 rings (SSSR count). The van der Waals surface area contributed by atoms with E-state index in [-0.39, 0.29) is 0 Å². The summed E-state index contributed by atoms with van der Waals surface area (Å²) in [7, 11) is 2.12. The van der Waals surface area contributed by atoms with Gasteiger partial charge in [-0.25, -0.2) is 0 Å². The van der Waals surface area contributed by atoms with Crippen LogP contribution in [0, 0.1) is 5.92 Å². The highest BCUT2D eigenvalue weighted by Crippen LogP contribution is 2.27. The van der Waals surface area contributed by atoms with Crippen LogP contribution in [0.4, 0.5) is 0 Å². The fraction of sp³-hybridized carbons (Fsp3) is 0.415. The summed E-state index contributed by atoms with van der Waals surface area (Å²) in [4.78, 5) is 0. The molecule has 1 heteroatoms. The summed E-state index contributed by atoms with van der Waals surface area (Å²) in [6, 6.07) is 38.1. The number of para-hydroxylation sites is 2. The Labute approximate surface area is 261 Å². The molecule has 0 bridgehead atoms. The molecule has 1 aromatic heterocycles. The minimum absolute atomic E-state index is 0.659. The van der Waals surface area contributed by atoms with Crippen LogP contribution in [-0.4, -0.2) is 4.57 Å². The van der Waals surface area contributed by atoms with Crippen LogP contribution in [-0.2, 0) is 7.05 Å². The molecule has 0 atom stereocenters. The zero-order chi connectivity index (χ0) is 32.5. The molecule has 0 aliphatic carbocycles. The van der Waals surface area contributed by atoms with Crippen LogP contribution in [0.5, 0.6) is 0 Å². The number of hydrogen-bond acceptors (Lipinski definition) is 0. The summed E-state index contributed by atoms with van der Waals surface area (Å²) < 4.78 is 2.24. The van der Waals surface area contributed by atoms with Crippen molar-refractivity contribution in [1.82, 2.24) is 4.57 Å². The first-order chi connectivity index (χ1) is 20.2. The van der Waals surface area contributed by atoms with Gasteiger partial charge in [0, 0.05) is 28.9 Å². The molecule has 0 spiro atoms. The Morgan fingerprint density at radius 3 is 0.857 bits per heavy atom. The van der Waals surface area contributed by atoms with Crippen LogP contribution >= 0.6 is 0 Å². The van der Waals surface area contributed by atoms with E-state index in [1.807, 2.05) is 53.7 Å². The van der Waals surface area contributed by atoms with Crippen molar-refractivity contribution in [3.05, 3.63) is 120 Å². The van der Waals surface area contributed by atoms with Gasteiger partial charge in [0.1, 0.15) is 0 Å². The molecule has 4 aromatic carbocycles. The van der Waals surface area contributed by atoms with Crippen LogP contribution in [0.15, 0.2) is 109 Å². The van der Waals surface area contributed by atoms with Gasteiger partial charge in [0.05, 0.1) is 0 Å². The van der Waals surface area contributed by atoms with E-state index < -0.39 is 0 Å². The molecule has 42 heavy (non-hydrogen) atoms. The van der Waals surface area contributed by atoms with Gasteiger partial charge < -0.3 is 4.57 Å². The van der Waals surface area contributed by atoms with Crippen molar-refractivity contribution in [2.24, 2.45) is 13.0 Å². The molecule has 0 saturated carbocycles. The van der Waals surface area contributed by atoms with Crippen molar-refractivity contribution >= 4 is 21.8 Å². The summed E-state index contributed by atoms with van der Waals surface area (Å²) in [6.07, 6.45) is 0. The number of aromatic nitrogens is 1. The second kappa shape index (κ2) is 25.4. The van der Waals surface area contributed by atoms with Crippen molar-refractivity contribution in [1.29, 1.82) is 0 Å². The Morgan fingerprint density at radius 2 is 0.619 bits per heavy atom. The van der Waals surface area contributed by atoms with Crippen LogP contribution in [0.3, 0.4) is 0 Å². The molecule has 0 radical (unpaired) electrons. The lowest BCUT2D eigenvalue weighted by Crippen LogP contribution is -1.84. The van der Waals surface area contributed by atoms with E-state index in [4.69, 9.17) is 0 Å². The molecule has 0 aliphatic heterocycles. The van der Waals surface area contributed by atoms with Gasteiger partial charge in [-0.15, -0.1) is 0 Å². The Morgan fingerprint density at radius 1 is 0.381 bits per heavy atom. The average Bonchev–Trinajstić information content (AvgIpc) is 3.33. The van der Waals surface area contributed by atoms with Gasteiger partial charge in [-0.1, -0.05) is 187 Å². The smallest absolute Gasteiger partial charge is 0.0488 e. The van der Waals surface area contributed by atoms with Crippen LogP contribution in [0.1, 0.15) is 113 Å². The molecular formula is C41H63N. The molecule has 0 fully saturated rings. The highest BCUT2D eigenvalue weighted by Gasteiger charge is 2.05. The number of benzene rings is 4. The Hall–Kier alpha value is -3.32. The minimum atomic E-state index is 0.659. The summed E-state index contributed by atoms with van der Waals surface area (Å²) in [6.45, 7) is 27.3. The Bertz CT molecular complexity index is 1160. The highest BCUT2D eigenvalue weighted by atomic mass is 14.9. The normalized spacial score (nSPS) is 9.36. The van der Waals surface area contributed by atoms with Gasteiger partial charge in [0.2, 0.25) is 0 Å². The number of aryl methyl sites for hydroxylation is 1. The van der Waals surface area contributed by atoms with E-state index in [1.165, 1.54) is 32.9 Å². The maximum Gasteiger partial charge on any atom is 0.0488 e. The molecule has 1 heterocycles. The third-order valence-corrected chi connectivity index (χ3v) is 5.75. The lowest BCUT2D eigenvalue weighted by Gasteiger charge is -2.01. The van der Waals surface area contributed by atoms with Crippen molar-refractivity contribution in [3.63, 3.8) is 0 Å². The van der Waals surface area contributed by atoms with Crippen molar-refractivity contribution < 1.29 is 0 Å². The third-order valence-electron chi connectivity index (χ3n) is 5.75. The van der Waals surface area contributed by atoms with Crippen molar-refractivity contribution in [3.8, 4) is 0 Å². The molecule has 0 amide bonds. The van der Waals surface area contributed by atoms with Gasteiger partial charge in [-0.3, -0.25) is 0 Å². The zero-order valence-corrected chi connectivity index (χ0v) is 29.6. The number of nitrogens with zero attached hydrogens (tertiary/aromatic N) is 1. The second-order valence-electron chi connectivity index (χ2n) is 10.5. The van der Waals surface area contributed by atoms with E-state index >= 15 is 0 Å². The quantitative estimate of drug-likeness (QED) is 0.199.